The molecular formula is C24H40N2O2. The van der Waals surface area contributed by atoms with Crippen molar-refractivity contribution in [3.8, 4) is 0 Å². The van der Waals surface area contributed by atoms with E-state index >= 15 is 0 Å². The standard InChI is InChI=1S/C24H40N2O2/c1-5-26(6-2)22(28)15-16-7-9-18-17-8-10-20-24(4,14-12-21(27)25-20)19(17)11-13-23(16,18)3/h16-20H,5-15H2,1-4H3,(H,25,27)/t16-,17+,18+,19+,20-,23-,24-/m1/s1. The molecule has 0 radical (unpaired) electrons. The normalized spacial score (nSPS) is 44.9. The van der Waals surface area contributed by atoms with E-state index in [0.29, 0.717) is 29.7 Å². The lowest BCUT2D eigenvalue weighted by Gasteiger charge is -2.60. The van der Waals surface area contributed by atoms with Crippen molar-refractivity contribution in [3.63, 3.8) is 0 Å². The van der Waals surface area contributed by atoms with Gasteiger partial charge in [0.1, 0.15) is 0 Å². The Balaban J connectivity index is 1.51. The van der Waals surface area contributed by atoms with Crippen LogP contribution in [-0.2, 0) is 9.59 Å². The van der Waals surface area contributed by atoms with Crippen LogP contribution in [0.3, 0.4) is 0 Å². The molecule has 0 spiro atoms. The summed E-state index contributed by atoms with van der Waals surface area (Å²) in [4.78, 5) is 26.8. The van der Waals surface area contributed by atoms with Gasteiger partial charge in [-0.25, -0.2) is 0 Å². The van der Waals surface area contributed by atoms with Crippen molar-refractivity contribution in [2.45, 2.75) is 91.5 Å². The van der Waals surface area contributed by atoms with E-state index in [9.17, 15) is 9.59 Å². The number of nitrogens with zero attached hydrogens (tertiary/aromatic N) is 1. The molecule has 158 valence electrons. The van der Waals surface area contributed by atoms with Crippen LogP contribution in [0.4, 0.5) is 0 Å². The Morgan fingerprint density at radius 3 is 2.43 bits per heavy atom. The van der Waals surface area contributed by atoms with Gasteiger partial charge in [0.25, 0.3) is 0 Å². The Hall–Kier alpha value is -1.06. The Kier molecular flexibility index (Phi) is 5.29. The number of nitrogens with one attached hydrogen (secondary N) is 1. The lowest BCUT2D eigenvalue weighted by atomic mass is 9.47. The largest absolute Gasteiger partial charge is 0.353 e. The molecule has 28 heavy (non-hydrogen) atoms. The molecular weight excluding hydrogens is 348 g/mol. The van der Waals surface area contributed by atoms with Crippen molar-refractivity contribution >= 4 is 11.8 Å². The van der Waals surface area contributed by atoms with Crippen LogP contribution in [0.15, 0.2) is 0 Å². The number of carbonyl (C=O) groups excluding carboxylic acids is 2. The van der Waals surface area contributed by atoms with E-state index in [1.807, 2.05) is 4.90 Å². The highest BCUT2D eigenvalue weighted by molar-refractivity contribution is 5.77. The summed E-state index contributed by atoms with van der Waals surface area (Å²) in [5, 5.41) is 3.33. The zero-order valence-electron chi connectivity index (χ0n) is 18.4. The van der Waals surface area contributed by atoms with Crippen LogP contribution < -0.4 is 5.32 Å². The molecule has 0 aromatic heterocycles. The molecule has 1 heterocycles. The molecule has 2 amide bonds. The zero-order chi connectivity index (χ0) is 20.1. The lowest BCUT2D eigenvalue weighted by molar-refractivity contribution is -0.138. The number of hydrogen-bond donors (Lipinski definition) is 1. The molecule has 4 fully saturated rings. The van der Waals surface area contributed by atoms with Gasteiger partial charge in [-0.2, -0.15) is 0 Å². The smallest absolute Gasteiger partial charge is 0.222 e. The highest BCUT2D eigenvalue weighted by atomic mass is 16.2. The van der Waals surface area contributed by atoms with E-state index in [0.717, 1.165) is 50.1 Å². The minimum atomic E-state index is 0.261. The highest BCUT2D eigenvalue weighted by Gasteiger charge is 2.60. The number of amides is 2. The van der Waals surface area contributed by atoms with Crippen LogP contribution in [0.25, 0.3) is 0 Å². The fourth-order valence-corrected chi connectivity index (χ4v) is 8.06. The maximum atomic E-state index is 12.8. The van der Waals surface area contributed by atoms with Gasteiger partial charge in [0, 0.05) is 32.0 Å². The third-order valence-electron chi connectivity index (χ3n) is 9.83. The van der Waals surface area contributed by atoms with Gasteiger partial charge < -0.3 is 10.2 Å². The summed E-state index contributed by atoms with van der Waals surface area (Å²) in [5.74, 6) is 3.51. The maximum Gasteiger partial charge on any atom is 0.222 e. The summed E-state index contributed by atoms with van der Waals surface area (Å²) in [6.45, 7) is 10.8. The quantitative estimate of drug-likeness (QED) is 0.777. The van der Waals surface area contributed by atoms with E-state index in [-0.39, 0.29) is 11.3 Å². The lowest BCUT2D eigenvalue weighted by Crippen LogP contribution is -2.61. The average molecular weight is 389 g/mol. The molecule has 0 unspecified atom stereocenters. The molecule has 4 nitrogen and oxygen atoms in total. The summed E-state index contributed by atoms with van der Waals surface area (Å²) < 4.78 is 0. The molecule has 3 saturated carbocycles. The van der Waals surface area contributed by atoms with Crippen molar-refractivity contribution in [2.24, 2.45) is 34.5 Å². The van der Waals surface area contributed by atoms with Crippen LogP contribution >= 0.6 is 0 Å². The first-order valence-electron chi connectivity index (χ1n) is 11.9. The predicted molar refractivity (Wildman–Crippen MR) is 112 cm³/mol. The fraction of sp³-hybridized carbons (Fsp3) is 0.917. The summed E-state index contributed by atoms with van der Waals surface area (Å²) in [7, 11) is 0. The first-order chi connectivity index (χ1) is 13.3. The first kappa shape index (κ1) is 20.2. The Labute approximate surface area is 171 Å². The number of fused-ring (bicyclic) bond motifs is 5. The molecule has 1 N–H and O–H groups in total. The number of hydrogen-bond acceptors (Lipinski definition) is 2. The Morgan fingerprint density at radius 2 is 1.71 bits per heavy atom. The van der Waals surface area contributed by atoms with E-state index in [1.165, 1.54) is 32.1 Å². The second-order valence-corrected chi connectivity index (χ2v) is 10.7. The van der Waals surface area contributed by atoms with Crippen LogP contribution in [0.5, 0.6) is 0 Å². The summed E-state index contributed by atoms with van der Waals surface area (Å²) >= 11 is 0. The van der Waals surface area contributed by atoms with Crippen molar-refractivity contribution < 1.29 is 9.59 Å². The minimum Gasteiger partial charge on any atom is -0.353 e. The van der Waals surface area contributed by atoms with Gasteiger partial charge >= 0.3 is 0 Å². The molecule has 3 aliphatic carbocycles. The monoisotopic (exact) mass is 388 g/mol. The molecule has 4 aliphatic rings. The van der Waals surface area contributed by atoms with Crippen LogP contribution in [0.1, 0.15) is 85.5 Å². The third kappa shape index (κ3) is 3.01. The van der Waals surface area contributed by atoms with E-state index < -0.39 is 0 Å². The second kappa shape index (κ2) is 7.32. The van der Waals surface area contributed by atoms with Crippen LogP contribution in [-0.4, -0.2) is 35.8 Å². The maximum absolute atomic E-state index is 12.8. The Bertz CT molecular complexity index is 630. The van der Waals surface area contributed by atoms with Gasteiger partial charge in [-0.05, 0) is 93.3 Å². The zero-order valence-corrected chi connectivity index (χ0v) is 18.4. The molecule has 7 atom stereocenters. The van der Waals surface area contributed by atoms with Crippen LogP contribution in [0, 0.1) is 34.5 Å². The molecule has 0 aromatic carbocycles. The predicted octanol–water partition coefficient (Wildman–Crippen LogP) is 4.38. The van der Waals surface area contributed by atoms with Crippen molar-refractivity contribution in [1.29, 1.82) is 0 Å². The summed E-state index contributed by atoms with van der Waals surface area (Å²) in [5.41, 5.74) is 0.623. The van der Waals surface area contributed by atoms with Crippen molar-refractivity contribution in [3.05, 3.63) is 0 Å². The SMILES string of the molecule is CCN(CC)C(=O)C[C@H]1CC[C@H]2[C@@H]3CC[C@H]4NC(=O)CC[C@]4(C)[C@H]3CC[C@]12C. The van der Waals surface area contributed by atoms with Crippen molar-refractivity contribution in [1.82, 2.24) is 10.2 Å². The van der Waals surface area contributed by atoms with Gasteiger partial charge in [0.2, 0.25) is 11.8 Å². The summed E-state index contributed by atoms with van der Waals surface area (Å²) in [6, 6.07) is 0.390. The molecule has 4 heteroatoms. The van der Waals surface area contributed by atoms with Gasteiger partial charge in [-0.15, -0.1) is 0 Å². The molecule has 1 aliphatic heterocycles. The van der Waals surface area contributed by atoms with Crippen LogP contribution in [0.2, 0.25) is 0 Å². The van der Waals surface area contributed by atoms with Gasteiger partial charge in [-0.3, -0.25) is 9.59 Å². The van der Waals surface area contributed by atoms with Gasteiger partial charge in [0.05, 0.1) is 0 Å². The van der Waals surface area contributed by atoms with E-state index in [4.69, 9.17) is 0 Å². The molecule has 0 bridgehead atoms. The number of carbonyl (C=O) groups is 2. The first-order valence-corrected chi connectivity index (χ1v) is 11.9. The second-order valence-electron chi connectivity index (χ2n) is 10.7. The Morgan fingerprint density at radius 1 is 1.00 bits per heavy atom. The topological polar surface area (TPSA) is 49.4 Å². The molecule has 1 saturated heterocycles. The van der Waals surface area contributed by atoms with Gasteiger partial charge in [0.15, 0.2) is 0 Å². The average Bonchev–Trinajstić information content (AvgIpc) is 3.00. The molecule has 4 rings (SSSR count). The van der Waals surface area contributed by atoms with Gasteiger partial charge in [-0.1, -0.05) is 13.8 Å². The molecule has 0 aromatic rings. The number of rotatable bonds is 4. The van der Waals surface area contributed by atoms with E-state index in [2.05, 4.69) is 33.0 Å². The van der Waals surface area contributed by atoms with Crippen molar-refractivity contribution in [2.75, 3.05) is 13.1 Å². The highest BCUT2D eigenvalue weighted by Crippen LogP contribution is 2.66. The third-order valence-corrected chi connectivity index (χ3v) is 9.83. The van der Waals surface area contributed by atoms with E-state index in [1.54, 1.807) is 0 Å². The summed E-state index contributed by atoms with van der Waals surface area (Å²) in [6.07, 6.45) is 10.0. The minimum absolute atomic E-state index is 0.261. The fourth-order valence-electron chi connectivity index (χ4n) is 8.06. The number of piperidine rings is 1.